The maximum atomic E-state index is 13.0. The number of likely N-dealkylation sites (tertiary alicyclic amines) is 1. The van der Waals surface area contributed by atoms with Crippen LogP contribution in [0.15, 0.2) is 42.9 Å². The maximum Gasteiger partial charge on any atom is 0.123 e. The van der Waals surface area contributed by atoms with Crippen LogP contribution in [-0.2, 0) is 17.7 Å². The van der Waals surface area contributed by atoms with E-state index >= 15 is 0 Å². The summed E-state index contributed by atoms with van der Waals surface area (Å²) in [5.41, 5.74) is 2.52. The molecule has 2 aliphatic rings. The molecule has 2 saturated heterocycles. The molecule has 1 atom stereocenters. The first-order valence-electron chi connectivity index (χ1n) is 9.04. The smallest absolute Gasteiger partial charge is 0.123 e. The first-order chi connectivity index (χ1) is 12.2. The number of hydrogen-bond acceptors (Lipinski definition) is 4. The van der Waals surface area contributed by atoms with Gasteiger partial charge in [0.25, 0.3) is 0 Å². The van der Waals surface area contributed by atoms with E-state index in [0.29, 0.717) is 5.41 Å². The normalized spacial score (nSPS) is 23.2. The first kappa shape index (κ1) is 16.6. The minimum atomic E-state index is -0.168. The highest BCUT2D eigenvalue weighted by Crippen LogP contribution is 2.42. The lowest BCUT2D eigenvalue weighted by atomic mass is 9.76. The van der Waals surface area contributed by atoms with Crippen LogP contribution in [0.2, 0.25) is 0 Å². The predicted octanol–water partition coefficient (Wildman–Crippen LogP) is 3.23. The monoisotopic (exact) mass is 341 g/mol. The highest BCUT2D eigenvalue weighted by molar-refractivity contribution is 5.16. The van der Waals surface area contributed by atoms with Crippen LogP contribution in [0.25, 0.3) is 0 Å². The zero-order valence-electron chi connectivity index (χ0n) is 14.4. The number of ether oxygens (including phenoxy) is 1. The molecule has 0 unspecified atom stereocenters. The number of nitrogens with zero attached hydrogens (tertiary/aromatic N) is 3. The molecule has 0 radical (unpaired) electrons. The van der Waals surface area contributed by atoms with Crippen molar-refractivity contribution in [3.8, 4) is 0 Å². The second-order valence-corrected chi connectivity index (χ2v) is 7.44. The Balaban J connectivity index is 1.29. The average molecular weight is 341 g/mol. The molecular weight excluding hydrogens is 317 g/mol. The second-order valence-electron chi connectivity index (χ2n) is 7.44. The van der Waals surface area contributed by atoms with Gasteiger partial charge in [-0.1, -0.05) is 12.1 Å². The minimum Gasteiger partial charge on any atom is -0.377 e. The molecule has 1 spiro atoms. The van der Waals surface area contributed by atoms with Gasteiger partial charge in [0.2, 0.25) is 0 Å². The molecule has 0 amide bonds. The van der Waals surface area contributed by atoms with Crippen molar-refractivity contribution in [2.45, 2.75) is 38.3 Å². The van der Waals surface area contributed by atoms with E-state index in [0.717, 1.165) is 44.8 Å². The predicted molar refractivity (Wildman–Crippen MR) is 93.4 cm³/mol. The molecule has 0 N–H and O–H groups in total. The summed E-state index contributed by atoms with van der Waals surface area (Å²) >= 11 is 0. The van der Waals surface area contributed by atoms with Crippen LogP contribution < -0.4 is 0 Å². The Morgan fingerprint density at radius 1 is 1.16 bits per heavy atom. The Morgan fingerprint density at radius 3 is 2.68 bits per heavy atom. The van der Waals surface area contributed by atoms with E-state index in [4.69, 9.17) is 4.74 Å². The van der Waals surface area contributed by atoms with Crippen LogP contribution in [0.3, 0.4) is 0 Å². The van der Waals surface area contributed by atoms with E-state index in [1.165, 1.54) is 18.4 Å². The largest absolute Gasteiger partial charge is 0.377 e. The number of aromatic nitrogens is 2. The topological polar surface area (TPSA) is 38.2 Å². The van der Waals surface area contributed by atoms with Gasteiger partial charge < -0.3 is 4.74 Å². The molecule has 0 saturated carbocycles. The summed E-state index contributed by atoms with van der Waals surface area (Å²) in [5, 5.41) is 0. The molecular formula is C20H24FN3O. The van der Waals surface area contributed by atoms with Gasteiger partial charge in [-0.25, -0.2) is 4.39 Å². The Hall–Kier alpha value is -1.85. The van der Waals surface area contributed by atoms with Crippen LogP contribution in [0.4, 0.5) is 4.39 Å². The zero-order valence-corrected chi connectivity index (χ0v) is 14.4. The number of rotatable bonds is 4. The summed E-state index contributed by atoms with van der Waals surface area (Å²) in [6, 6.07) is 6.86. The Kier molecular flexibility index (Phi) is 4.77. The highest BCUT2D eigenvalue weighted by Gasteiger charge is 2.42. The van der Waals surface area contributed by atoms with Crippen molar-refractivity contribution in [2.75, 3.05) is 19.7 Å². The van der Waals surface area contributed by atoms with E-state index in [1.807, 2.05) is 18.3 Å². The molecule has 1 aromatic heterocycles. The Bertz CT molecular complexity index is 684. The van der Waals surface area contributed by atoms with E-state index < -0.39 is 0 Å². The maximum absolute atomic E-state index is 13.0. The number of benzene rings is 1. The summed E-state index contributed by atoms with van der Waals surface area (Å²) in [6.45, 7) is 3.93. The molecule has 0 bridgehead atoms. The van der Waals surface area contributed by atoms with Crippen molar-refractivity contribution >= 4 is 0 Å². The van der Waals surface area contributed by atoms with E-state index in [1.54, 1.807) is 24.5 Å². The summed E-state index contributed by atoms with van der Waals surface area (Å²) in [7, 11) is 0. The fraction of sp³-hybridized carbons (Fsp3) is 0.500. The summed E-state index contributed by atoms with van der Waals surface area (Å²) in [4.78, 5) is 11.0. The van der Waals surface area contributed by atoms with Crippen LogP contribution in [0, 0.1) is 11.2 Å². The molecule has 0 aliphatic carbocycles. The van der Waals surface area contributed by atoms with Crippen molar-refractivity contribution in [1.29, 1.82) is 0 Å². The van der Waals surface area contributed by atoms with E-state index in [-0.39, 0.29) is 11.9 Å². The minimum absolute atomic E-state index is 0.168. The van der Waals surface area contributed by atoms with Crippen molar-refractivity contribution in [3.05, 3.63) is 59.9 Å². The fourth-order valence-electron chi connectivity index (χ4n) is 4.08. The molecule has 2 fully saturated rings. The van der Waals surface area contributed by atoms with Crippen molar-refractivity contribution in [3.63, 3.8) is 0 Å². The molecule has 3 heterocycles. The summed E-state index contributed by atoms with van der Waals surface area (Å²) in [5.74, 6) is -0.168. The lowest BCUT2D eigenvalue weighted by Crippen LogP contribution is -2.40. The standard InChI is InChI=1S/C20H24FN3O/c21-17-3-1-16(2-4-17)14-24-9-5-20(6-10-24)12-19(25-15-20)11-18-13-22-7-8-23-18/h1-4,7-8,13,19H,5-6,9-12,14-15H2/t19-/m0/s1. The third kappa shape index (κ3) is 4.05. The van der Waals surface area contributed by atoms with Gasteiger partial charge in [0, 0.05) is 31.6 Å². The molecule has 2 aromatic rings. The first-order valence-corrected chi connectivity index (χ1v) is 9.04. The lowest BCUT2D eigenvalue weighted by molar-refractivity contribution is 0.0629. The molecule has 132 valence electrons. The van der Waals surface area contributed by atoms with E-state index in [2.05, 4.69) is 14.9 Å². The van der Waals surface area contributed by atoms with Gasteiger partial charge in [0.1, 0.15) is 5.82 Å². The van der Waals surface area contributed by atoms with Gasteiger partial charge in [-0.3, -0.25) is 14.9 Å². The second kappa shape index (κ2) is 7.18. The highest BCUT2D eigenvalue weighted by atomic mass is 19.1. The summed E-state index contributed by atoms with van der Waals surface area (Å²) in [6.07, 6.45) is 9.87. The Morgan fingerprint density at radius 2 is 1.96 bits per heavy atom. The third-order valence-electron chi connectivity index (χ3n) is 5.58. The number of hydrogen-bond donors (Lipinski definition) is 0. The molecule has 25 heavy (non-hydrogen) atoms. The van der Waals surface area contributed by atoms with Gasteiger partial charge >= 0.3 is 0 Å². The fourth-order valence-corrected chi connectivity index (χ4v) is 4.08. The lowest BCUT2D eigenvalue weighted by Gasteiger charge is -2.38. The number of piperidine rings is 1. The Labute approximate surface area is 148 Å². The van der Waals surface area contributed by atoms with Gasteiger partial charge in [-0.2, -0.15) is 0 Å². The SMILES string of the molecule is Fc1ccc(CN2CCC3(CC2)CO[C@@H](Cc2cnccn2)C3)cc1. The molecule has 5 heteroatoms. The molecule has 4 rings (SSSR count). The van der Waals surface area contributed by atoms with Gasteiger partial charge in [0.15, 0.2) is 0 Å². The third-order valence-corrected chi connectivity index (χ3v) is 5.58. The number of halogens is 1. The van der Waals surface area contributed by atoms with Gasteiger partial charge in [-0.15, -0.1) is 0 Å². The van der Waals surface area contributed by atoms with Gasteiger partial charge in [-0.05, 0) is 55.5 Å². The average Bonchev–Trinajstić information content (AvgIpc) is 3.02. The van der Waals surface area contributed by atoms with Crippen LogP contribution in [-0.4, -0.2) is 40.7 Å². The van der Waals surface area contributed by atoms with Crippen molar-refractivity contribution in [2.24, 2.45) is 5.41 Å². The zero-order chi connectivity index (χ0) is 17.1. The molecule has 2 aliphatic heterocycles. The van der Waals surface area contributed by atoms with Crippen molar-refractivity contribution in [1.82, 2.24) is 14.9 Å². The molecule has 1 aromatic carbocycles. The van der Waals surface area contributed by atoms with Crippen LogP contribution >= 0.6 is 0 Å². The quantitative estimate of drug-likeness (QED) is 0.856. The summed E-state index contributed by atoms with van der Waals surface area (Å²) < 4.78 is 19.1. The van der Waals surface area contributed by atoms with Gasteiger partial charge in [0.05, 0.1) is 18.4 Å². The van der Waals surface area contributed by atoms with Crippen molar-refractivity contribution < 1.29 is 9.13 Å². The van der Waals surface area contributed by atoms with Crippen LogP contribution in [0.5, 0.6) is 0 Å². The molecule has 4 nitrogen and oxygen atoms in total. The van der Waals surface area contributed by atoms with Crippen LogP contribution in [0.1, 0.15) is 30.5 Å². The van der Waals surface area contributed by atoms with E-state index in [9.17, 15) is 4.39 Å².